The number of aromatic amines is 1. The van der Waals surface area contributed by atoms with E-state index in [1.54, 1.807) is 18.9 Å². The quantitative estimate of drug-likeness (QED) is 0.786. The van der Waals surface area contributed by atoms with Crippen molar-refractivity contribution in [3.8, 4) is 0 Å². The van der Waals surface area contributed by atoms with Crippen molar-refractivity contribution in [2.45, 2.75) is 36.7 Å². The molecule has 23 heavy (non-hydrogen) atoms. The zero-order valence-corrected chi connectivity index (χ0v) is 14.2. The monoisotopic (exact) mass is 338 g/mol. The molecule has 2 N–H and O–H groups in total. The summed E-state index contributed by atoms with van der Waals surface area (Å²) in [6, 6.07) is 1.54. The maximum Gasteiger partial charge on any atom is 0.252 e. The number of carbonyl (C=O) groups excluding carboxylic acids is 1. The third kappa shape index (κ3) is 3.53. The van der Waals surface area contributed by atoms with Crippen LogP contribution in [0.15, 0.2) is 10.9 Å². The maximum absolute atomic E-state index is 12.3. The molecule has 1 aromatic heterocycles. The van der Waals surface area contributed by atoms with Gasteiger partial charge in [0, 0.05) is 32.3 Å². The van der Waals surface area contributed by atoms with Crippen LogP contribution in [0.4, 0.5) is 5.95 Å². The Balaban J connectivity index is 1.63. The number of carbonyl (C=O) groups is 1. The van der Waals surface area contributed by atoms with Crippen LogP contribution >= 0.6 is 11.8 Å². The molecule has 1 saturated carbocycles. The number of nitrogens with one attached hydrogen (secondary N) is 2. The van der Waals surface area contributed by atoms with Gasteiger partial charge in [0.1, 0.15) is 0 Å². The van der Waals surface area contributed by atoms with Gasteiger partial charge in [-0.3, -0.25) is 14.6 Å². The molecule has 0 bridgehead atoms. The number of methoxy groups -OCH3 is 1. The van der Waals surface area contributed by atoms with Gasteiger partial charge in [-0.1, -0.05) is 0 Å². The number of aromatic nitrogens is 2. The lowest BCUT2D eigenvalue weighted by Crippen LogP contribution is -2.43. The first-order chi connectivity index (χ1) is 11.1. The van der Waals surface area contributed by atoms with Crippen molar-refractivity contribution in [3.63, 3.8) is 0 Å². The van der Waals surface area contributed by atoms with Crippen molar-refractivity contribution < 1.29 is 9.53 Å². The zero-order valence-electron chi connectivity index (χ0n) is 13.4. The predicted molar refractivity (Wildman–Crippen MR) is 89.8 cm³/mol. The van der Waals surface area contributed by atoms with Gasteiger partial charge in [-0.25, -0.2) is 4.98 Å². The van der Waals surface area contributed by atoms with Gasteiger partial charge < -0.3 is 15.0 Å². The number of ether oxygens (including phenoxy) is 1. The summed E-state index contributed by atoms with van der Waals surface area (Å²) in [6.45, 7) is 1.73. The van der Waals surface area contributed by atoms with E-state index in [-0.39, 0.29) is 22.3 Å². The van der Waals surface area contributed by atoms with Crippen LogP contribution in [0.25, 0.3) is 0 Å². The molecule has 1 amide bonds. The number of thioether (sulfide) groups is 1. The molecule has 2 fully saturated rings. The number of H-pyrrole nitrogens is 1. The number of hydrogen-bond acceptors (Lipinski definition) is 6. The first-order valence-corrected chi connectivity index (χ1v) is 8.99. The molecular weight excluding hydrogens is 316 g/mol. The van der Waals surface area contributed by atoms with Gasteiger partial charge in [-0.15, -0.1) is 11.8 Å². The molecule has 1 aromatic rings. The molecule has 0 spiro atoms. The van der Waals surface area contributed by atoms with E-state index in [1.165, 1.54) is 6.07 Å². The Morgan fingerprint density at radius 3 is 3.04 bits per heavy atom. The minimum atomic E-state index is -0.196. The predicted octanol–water partition coefficient (Wildman–Crippen LogP) is 0.507. The summed E-state index contributed by atoms with van der Waals surface area (Å²) in [5.74, 6) is 0.693. The van der Waals surface area contributed by atoms with Gasteiger partial charge in [0.05, 0.1) is 17.0 Å². The van der Waals surface area contributed by atoms with Gasteiger partial charge in [-0.2, -0.15) is 0 Å². The summed E-state index contributed by atoms with van der Waals surface area (Å²) in [5.41, 5.74) is 0.423. The first-order valence-electron chi connectivity index (χ1n) is 7.76. The highest BCUT2D eigenvalue weighted by molar-refractivity contribution is 8.01. The fourth-order valence-corrected chi connectivity index (χ4v) is 3.64. The van der Waals surface area contributed by atoms with Crippen LogP contribution in [0.2, 0.25) is 0 Å². The molecule has 2 heterocycles. The van der Waals surface area contributed by atoms with Crippen LogP contribution in [-0.2, 0) is 16.1 Å². The summed E-state index contributed by atoms with van der Waals surface area (Å²) in [4.78, 5) is 33.2. The van der Waals surface area contributed by atoms with E-state index in [4.69, 9.17) is 4.74 Å². The number of anilines is 1. The highest BCUT2D eigenvalue weighted by Gasteiger charge is 2.49. The summed E-state index contributed by atoms with van der Waals surface area (Å²) in [5, 5.41) is 3.14. The summed E-state index contributed by atoms with van der Waals surface area (Å²) >= 11 is 1.64. The number of amides is 1. The standard InChI is InChI=1S/C15H22N4O3S/c1-22-9-11-7-12(20)18-14(17-11)19-6-3-10(8-19)16-13(21)15(23-2)4-5-15/h7,10H,3-6,8-9H2,1-2H3,(H,16,21)(H,17,18,20). The normalized spacial score (nSPS) is 22.2. The minimum absolute atomic E-state index is 0.100. The molecule has 1 aliphatic heterocycles. The SMILES string of the molecule is COCc1cc(=O)[nH]c(N2CCC(NC(=O)C3(SC)CC3)C2)n1. The smallest absolute Gasteiger partial charge is 0.252 e. The Labute approximate surface area is 139 Å². The largest absolute Gasteiger partial charge is 0.378 e. The van der Waals surface area contributed by atoms with Gasteiger partial charge >= 0.3 is 0 Å². The molecule has 0 aromatic carbocycles. The highest BCUT2D eigenvalue weighted by atomic mass is 32.2. The van der Waals surface area contributed by atoms with E-state index in [2.05, 4.69) is 15.3 Å². The fourth-order valence-electron chi connectivity index (χ4n) is 2.89. The van der Waals surface area contributed by atoms with Crippen molar-refractivity contribution in [1.82, 2.24) is 15.3 Å². The van der Waals surface area contributed by atoms with Crippen LogP contribution < -0.4 is 15.8 Å². The lowest BCUT2D eigenvalue weighted by atomic mass is 10.2. The lowest BCUT2D eigenvalue weighted by molar-refractivity contribution is -0.121. The van der Waals surface area contributed by atoms with Crippen LogP contribution in [0.5, 0.6) is 0 Å². The summed E-state index contributed by atoms with van der Waals surface area (Å²) in [7, 11) is 1.57. The molecule has 126 valence electrons. The fraction of sp³-hybridized carbons (Fsp3) is 0.667. The van der Waals surface area contributed by atoms with Crippen LogP contribution in [0.3, 0.4) is 0 Å². The first kappa shape index (κ1) is 16.3. The van der Waals surface area contributed by atoms with Crippen molar-refractivity contribution in [1.29, 1.82) is 0 Å². The third-order valence-corrected chi connectivity index (χ3v) is 5.78. The molecule has 8 heteroatoms. The van der Waals surface area contributed by atoms with E-state index in [0.717, 1.165) is 25.8 Å². The minimum Gasteiger partial charge on any atom is -0.378 e. The maximum atomic E-state index is 12.3. The van der Waals surface area contributed by atoms with E-state index >= 15 is 0 Å². The molecule has 1 atom stereocenters. The molecule has 7 nitrogen and oxygen atoms in total. The van der Waals surface area contributed by atoms with E-state index in [9.17, 15) is 9.59 Å². The van der Waals surface area contributed by atoms with Gasteiger partial charge in [0.2, 0.25) is 11.9 Å². The Morgan fingerprint density at radius 1 is 1.61 bits per heavy atom. The lowest BCUT2D eigenvalue weighted by Gasteiger charge is -2.19. The topological polar surface area (TPSA) is 87.3 Å². The average Bonchev–Trinajstić information content (AvgIpc) is 3.20. The second-order valence-corrected chi connectivity index (χ2v) is 7.29. The van der Waals surface area contributed by atoms with Crippen molar-refractivity contribution in [3.05, 3.63) is 22.1 Å². The van der Waals surface area contributed by atoms with Gasteiger partial charge in [0.15, 0.2) is 0 Å². The Morgan fingerprint density at radius 2 is 2.39 bits per heavy atom. The molecule has 0 radical (unpaired) electrons. The molecular formula is C15H22N4O3S. The number of nitrogens with zero attached hydrogens (tertiary/aromatic N) is 2. The third-order valence-electron chi connectivity index (χ3n) is 4.41. The van der Waals surface area contributed by atoms with Crippen LogP contribution in [0.1, 0.15) is 25.0 Å². The second kappa shape index (κ2) is 6.52. The highest BCUT2D eigenvalue weighted by Crippen LogP contribution is 2.47. The van der Waals surface area contributed by atoms with Crippen molar-refractivity contribution in [2.75, 3.05) is 31.4 Å². The Hall–Kier alpha value is -1.54. The summed E-state index contributed by atoms with van der Waals surface area (Å²) < 4.78 is 4.84. The van der Waals surface area contributed by atoms with Crippen molar-refractivity contribution >= 4 is 23.6 Å². The van der Waals surface area contributed by atoms with E-state index < -0.39 is 0 Å². The number of rotatable bonds is 6. The molecule has 3 rings (SSSR count). The van der Waals surface area contributed by atoms with Crippen LogP contribution in [0, 0.1) is 0 Å². The Bertz CT molecular complexity index is 644. The number of hydrogen-bond donors (Lipinski definition) is 2. The molecule has 1 unspecified atom stereocenters. The molecule has 2 aliphatic rings. The molecule has 1 saturated heterocycles. The van der Waals surface area contributed by atoms with Crippen molar-refractivity contribution in [2.24, 2.45) is 0 Å². The van der Waals surface area contributed by atoms with E-state index in [1.807, 2.05) is 11.2 Å². The Kier molecular flexibility index (Phi) is 4.63. The summed E-state index contributed by atoms with van der Waals surface area (Å²) in [6.07, 6.45) is 4.77. The zero-order chi connectivity index (χ0) is 16.4. The second-order valence-electron chi connectivity index (χ2n) is 6.10. The van der Waals surface area contributed by atoms with Crippen LogP contribution in [-0.4, -0.2) is 53.1 Å². The molecule has 1 aliphatic carbocycles. The average molecular weight is 338 g/mol. The van der Waals surface area contributed by atoms with Gasteiger partial charge in [-0.05, 0) is 25.5 Å². The van der Waals surface area contributed by atoms with Gasteiger partial charge in [0.25, 0.3) is 5.56 Å². The van der Waals surface area contributed by atoms with E-state index in [0.29, 0.717) is 24.8 Å².